The molecule has 0 fully saturated rings. The maximum Gasteiger partial charge on any atom is 0.260 e. The minimum absolute atomic E-state index is 0.0916. The number of likely N-dealkylation sites (N-methyl/N-ethyl adjacent to an activating group) is 1. The van der Waals surface area contributed by atoms with Crippen molar-refractivity contribution in [3.63, 3.8) is 0 Å². The van der Waals surface area contributed by atoms with Gasteiger partial charge in [0.15, 0.2) is 18.2 Å². The van der Waals surface area contributed by atoms with E-state index in [9.17, 15) is 9.18 Å². The minimum Gasteiger partial charge on any atom is -0.481 e. The first kappa shape index (κ1) is 14.1. The highest BCUT2D eigenvalue weighted by molar-refractivity contribution is 5.77. The van der Waals surface area contributed by atoms with Crippen LogP contribution in [0.25, 0.3) is 0 Å². The third-order valence-corrected chi connectivity index (χ3v) is 2.88. The van der Waals surface area contributed by atoms with E-state index in [-0.39, 0.29) is 18.3 Å². The zero-order valence-electron chi connectivity index (χ0n) is 11.3. The Morgan fingerprint density at radius 1 is 1.10 bits per heavy atom. The number of amides is 1. The standard InChI is InChI=1S/C16H16FNO2/c1-18(11-13-7-3-2-4-8-13)16(19)12-20-15-10-6-5-9-14(15)17/h2-10H,11-12H2,1H3. The van der Waals surface area contributed by atoms with Crippen molar-refractivity contribution >= 4 is 5.91 Å². The molecule has 0 aliphatic carbocycles. The van der Waals surface area contributed by atoms with Crippen LogP contribution in [0.1, 0.15) is 5.56 Å². The second kappa shape index (κ2) is 6.70. The third-order valence-electron chi connectivity index (χ3n) is 2.88. The van der Waals surface area contributed by atoms with Crippen LogP contribution in [0.15, 0.2) is 54.6 Å². The summed E-state index contributed by atoms with van der Waals surface area (Å²) in [4.78, 5) is 13.5. The van der Waals surface area contributed by atoms with E-state index >= 15 is 0 Å². The van der Waals surface area contributed by atoms with Crippen LogP contribution in [0.5, 0.6) is 5.75 Å². The Bertz CT molecular complexity index is 572. The second-order valence-corrected chi connectivity index (χ2v) is 4.45. The van der Waals surface area contributed by atoms with Crippen molar-refractivity contribution in [3.8, 4) is 5.75 Å². The van der Waals surface area contributed by atoms with Gasteiger partial charge in [0.05, 0.1) is 0 Å². The van der Waals surface area contributed by atoms with Gasteiger partial charge in [-0.2, -0.15) is 0 Å². The Morgan fingerprint density at radius 3 is 2.45 bits per heavy atom. The number of hydrogen-bond donors (Lipinski definition) is 0. The molecular formula is C16H16FNO2. The largest absolute Gasteiger partial charge is 0.481 e. The lowest BCUT2D eigenvalue weighted by Crippen LogP contribution is -2.31. The monoisotopic (exact) mass is 273 g/mol. The number of carbonyl (C=O) groups is 1. The van der Waals surface area contributed by atoms with Crippen molar-refractivity contribution < 1.29 is 13.9 Å². The summed E-state index contributed by atoms with van der Waals surface area (Å²) in [6, 6.07) is 15.7. The number of rotatable bonds is 5. The smallest absolute Gasteiger partial charge is 0.260 e. The van der Waals surface area contributed by atoms with Gasteiger partial charge < -0.3 is 9.64 Å². The molecule has 0 aliphatic heterocycles. The van der Waals surface area contributed by atoms with Crippen LogP contribution in [0.4, 0.5) is 4.39 Å². The van der Waals surface area contributed by atoms with Gasteiger partial charge in [0.25, 0.3) is 5.91 Å². The first-order valence-electron chi connectivity index (χ1n) is 6.32. The van der Waals surface area contributed by atoms with Crippen LogP contribution in [-0.4, -0.2) is 24.5 Å². The lowest BCUT2D eigenvalue weighted by atomic mass is 10.2. The fraction of sp³-hybridized carbons (Fsp3) is 0.188. The summed E-state index contributed by atoms with van der Waals surface area (Å²) in [5.41, 5.74) is 1.04. The molecule has 0 aliphatic rings. The van der Waals surface area contributed by atoms with Crippen LogP contribution < -0.4 is 4.74 Å². The molecule has 2 aromatic rings. The number of ether oxygens (including phenoxy) is 1. The molecule has 4 heteroatoms. The molecule has 20 heavy (non-hydrogen) atoms. The Balaban J connectivity index is 1.87. The van der Waals surface area contributed by atoms with Gasteiger partial charge >= 0.3 is 0 Å². The highest BCUT2D eigenvalue weighted by Crippen LogP contribution is 2.15. The van der Waals surface area contributed by atoms with E-state index in [4.69, 9.17) is 4.74 Å². The van der Waals surface area contributed by atoms with E-state index in [0.717, 1.165) is 5.56 Å². The lowest BCUT2D eigenvalue weighted by Gasteiger charge is -2.17. The Kier molecular flexibility index (Phi) is 4.71. The lowest BCUT2D eigenvalue weighted by molar-refractivity contribution is -0.132. The first-order chi connectivity index (χ1) is 9.66. The SMILES string of the molecule is CN(Cc1ccccc1)C(=O)COc1ccccc1F. The molecule has 2 aromatic carbocycles. The van der Waals surface area contributed by atoms with Gasteiger partial charge in [-0.1, -0.05) is 42.5 Å². The normalized spacial score (nSPS) is 10.1. The molecule has 104 valence electrons. The molecule has 2 rings (SSSR count). The van der Waals surface area contributed by atoms with Gasteiger partial charge in [-0.05, 0) is 17.7 Å². The highest BCUT2D eigenvalue weighted by atomic mass is 19.1. The molecule has 0 atom stereocenters. The van der Waals surface area contributed by atoms with Crippen LogP contribution >= 0.6 is 0 Å². The predicted molar refractivity (Wildman–Crippen MR) is 74.8 cm³/mol. The van der Waals surface area contributed by atoms with E-state index in [2.05, 4.69) is 0 Å². The summed E-state index contributed by atoms with van der Waals surface area (Å²) in [6.45, 7) is 0.324. The fourth-order valence-electron chi connectivity index (χ4n) is 1.76. The van der Waals surface area contributed by atoms with Gasteiger partial charge in [-0.15, -0.1) is 0 Å². The number of para-hydroxylation sites is 1. The molecule has 1 amide bonds. The fourth-order valence-corrected chi connectivity index (χ4v) is 1.76. The van der Waals surface area contributed by atoms with Gasteiger partial charge in [-0.3, -0.25) is 4.79 Å². The third kappa shape index (κ3) is 3.82. The summed E-state index contributed by atoms with van der Waals surface area (Å²) in [6.07, 6.45) is 0. The van der Waals surface area contributed by atoms with Crippen molar-refractivity contribution in [3.05, 3.63) is 66.0 Å². The molecule has 3 nitrogen and oxygen atoms in total. The van der Waals surface area contributed by atoms with Gasteiger partial charge in [0, 0.05) is 13.6 Å². The average Bonchev–Trinajstić information content (AvgIpc) is 2.47. The number of nitrogens with zero attached hydrogens (tertiary/aromatic N) is 1. The zero-order valence-corrected chi connectivity index (χ0v) is 11.3. The average molecular weight is 273 g/mol. The second-order valence-electron chi connectivity index (χ2n) is 4.45. The van der Waals surface area contributed by atoms with Gasteiger partial charge in [0.1, 0.15) is 0 Å². The zero-order chi connectivity index (χ0) is 14.4. The molecule has 0 saturated heterocycles. The molecular weight excluding hydrogens is 257 g/mol. The van der Waals surface area contributed by atoms with Crippen LogP contribution in [-0.2, 0) is 11.3 Å². The number of benzene rings is 2. The summed E-state index contributed by atoms with van der Waals surface area (Å²) in [5.74, 6) is -0.572. The molecule has 0 N–H and O–H groups in total. The summed E-state index contributed by atoms with van der Waals surface area (Å²) in [5, 5.41) is 0. The van der Waals surface area contributed by atoms with E-state index in [1.165, 1.54) is 12.1 Å². The molecule has 0 saturated carbocycles. The van der Waals surface area contributed by atoms with E-state index in [1.54, 1.807) is 24.1 Å². The molecule has 0 radical (unpaired) electrons. The predicted octanol–water partition coefficient (Wildman–Crippen LogP) is 2.86. The molecule has 0 heterocycles. The van der Waals surface area contributed by atoms with Crippen LogP contribution in [0.3, 0.4) is 0 Å². The van der Waals surface area contributed by atoms with Crippen LogP contribution in [0.2, 0.25) is 0 Å². The van der Waals surface area contributed by atoms with Gasteiger partial charge in [0.2, 0.25) is 0 Å². The topological polar surface area (TPSA) is 29.5 Å². The van der Waals surface area contributed by atoms with Crippen molar-refractivity contribution in [1.29, 1.82) is 0 Å². The number of carbonyl (C=O) groups excluding carboxylic acids is 1. The summed E-state index contributed by atoms with van der Waals surface area (Å²) in [7, 11) is 1.69. The van der Waals surface area contributed by atoms with E-state index in [0.29, 0.717) is 6.54 Å². The quantitative estimate of drug-likeness (QED) is 0.838. The number of halogens is 1. The Hall–Kier alpha value is -2.36. The summed E-state index contributed by atoms with van der Waals surface area (Å²) >= 11 is 0. The van der Waals surface area contributed by atoms with E-state index < -0.39 is 5.82 Å². The Labute approximate surface area is 117 Å². The first-order valence-corrected chi connectivity index (χ1v) is 6.32. The Morgan fingerprint density at radius 2 is 1.75 bits per heavy atom. The molecule has 0 bridgehead atoms. The van der Waals surface area contributed by atoms with Crippen LogP contribution in [0, 0.1) is 5.82 Å². The molecule has 0 spiro atoms. The number of hydrogen-bond acceptors (Lipinski definition) is 2. The van der Waals surface area contributed by atoms with Gasteiger partial charge in [-0.25, -0.2) is 4.39 Å². The molecule has 0 unspecified atom stereocenters. The van der Waals surface area contributed by atoms with Crippen molar-refractivity contribution in [2.75, 3.05) is 13.7 Å². The maximum atomic E-state index is 13.3. The molecule has 0 aromatic heterocycles. The minimum atomic E-state index is -0.467. The highest BCUT2D eigenvalue weighted by Gasteiger charge is 2.11. The maximum absolute atomic E-state index is 13.3. The van der Waals surface area contributed by atoms with E-state index in [1.807, 2.05) is 30.3 Å². The van der Waals surface area contributed by atoms with Crippen molar-refractivity contribution in [2.45, 2.75) is 6.54 Å². The van der Waals surface area contributed by atoms with Crippen molar-refractivity contribution in [2.24, 2.45) is 0 Å². The summed E-state index contributed by atoms with van der Waals surface area (Å²) < 4.78 is 18.5. The van der Waals surface area contributed by atoms with Crippen molar-refractivity contribution in [1.82, 2.24) is 4.90 Å².